The molecule has 0 aliphatic carbocycles. The number of likely N-dealkylation sites (tertiary alicyclic amines) is 1. The number of ether oxygens (including phenoxy) is 1. The van der Waals surface area contributed by atoms with Crippen LogP contribution in [0.3, 0.4) is 0 Å². The Morgan fingerprint density at radius 2 is 1.75 bits per heavy atom. The topological polar surface area (TPSA) is 96.0 Å². The third-order valence-electron chi connectivity index (χ3n) is 8.08. The zero-order valence-electron chi connectivity index (χ0n) is 23.4. The van der Waals surface area contributed by atoms with Gasteiger partial charge in [0.1, 0.15) is 28.9 Å². The highest BCUT2D eigenvalue weighted by molar-refractivity contribution is 6.34. The van der Waals surface area contributed by atoms with Crippen molar-refractivity contribution in [1.82, 2.24) is 15.1 Å². The van der Waals surface area contributed by atoms with Gasteiger partial charge in [-0.25, -0.2) is 4.39 Å². The molecule has 11 heteroatoms. The van der Waals surface area contributed by atoms with Crippen molar-refractivity contribution in [2.75, 3.05) is 13.1 Å². The fourth-order valence-electron chi connectivity index (χ4n) is 5.73. The number of hydrogen-bond acceptors (Lipinski definition) is 5. The third kappa shape index (κ3) is 5.88. The van der Waals surface area contributed by atoms with E-state index < -0.39 is 17.8 Å². The summed E-state index contributed by atoms with van der Waals surface area (Å²) in [5.41, 5.74) is 2.23. The predicted octanol–water partition coefficient (Wildman–Crippen LogP) is 5.59. The Labute approximate surface area is 263 Å². The zero-order valence-corrected chi connectivity index (χ0v) is 24.9. The van der Waals surface area contributed by atoms with Gasteiger partial charge in [-0.2, -0.15) is 0 Å². The quantitative estimate of drug-likeness (QED) is 0.298. The molecule has 3 heterocycles. The number of fused-ring (bicyclic) bond motifs is 1. The van der Waals surface area contributed by atoms with E-state index in [0.29, 0.717) is 37.9 Å². The van der Waals surface area contributed by atoms with Crippen LogP contribution in [0.25, 0.3) is 0 Å². The van der Waals surface area contributed by atoms with E-state index in [9.17, 15) is 23.6 Å². The van der Waals surface area contributed by atoms with Gasteiger partial charge in [0.25, 0.3) is 11.8 Å². The van der Waals surface area contributed by atoms with Crippen LogP contribution in [-0.2, 0) is 16.1 Å². The van der Waals surface area contributed by atoms with E-state index in [2.05, 4.69) is 17.2 Å². The summed E-state index contributed by atoms with van der Waals surface area (Å²) < 4.78 is 19.5. The number of hydrogen-bond donors (Lipinski definition) is 1. The third-order valence-corrected chi connectivity index (χ3v) is 8.69. The average molecular weight is 634 g/mol. The first-order valence-corrected chi connectivity index (χ1v) is 14.9. The summed E-state index contributed by atoms with van der Waals surface area (Å²) in [5, 5.41) is 2.46. The number of carbonyl (C=O) groups excluding carboxylic acids is 4. The van der Waals surface area contributed by atoms with Gasteiger partial charge in [0.2, 0.25) is 11.8 Å². The highest BCUT2D eigenvalue weighted by Crippen LogP contribution is 2.34. The molecule has 0 aromatic heterocycles. The summed E-state index contributed by atoms with van der Waals surface area (Å²) >= 11 is 12.3. The molecule has 44 heavy (non-hydrogen) atoms. The molecule has 0 radical (unpaired) electrons. The molecule has 2 fully saturated rings. The van der Waals surface area contributed by atoms with Crippen LogP contribution in [0.15, 0.2) is 54.6 Å². The van der Waals surface area contributed by atoms with E-state index in [1.807, 2.05) is 6.07 Å². The molecule has 1 N–H and O–H groups in total. The lowest BCUT2D eigenvalue weighted by Crippen LogP contribution is -2.52. The van der Waals surface area contributed by atoms with Crippen molar-refractivity contribution in [3.8, 4) is 23.3 Å². The minimum atomic E-state index is -0.687. The fourth-order valence-corrected chi connectivity index (χ4v) is 6.15. The number of rotatable bonds is 4. The molecule has 8 nitrogen and oxygen atoms in total. The monoisotopic (exact) mass is 633 g/mol. The predicted molar refractivity (Wildman–Crippen MR) is 161 cm³/mol. The van der Waals surface area contributed by atoms with Gasteiger partial charge >= 0.3 is 0 Å². The smallest absolute Gasteiger partial charge is 0.259 e. The maximum absolute atomic E-state index is 13.6. The molecular formula is C33H26Cl2FN3O5. The normalized spacial score (nSPS) is 18.4. The van der Waals surface area contributed by atoms with Crippen molar-refractivity contribution in [1.29, 1.82) is 0 Å². The van der Waals surface area contributed by atoms with Crippen molar-refractivity contribution in [2.45, 2.75) is 38.3 Å². The van der Waals surface area contributed by atoms with Crippen LogP contribution in [0.1, 0.15) is 57.5 Å². The summed E-state index contributed by atoms with van der Waals surface area (Å²) in [6, 6.07) is 13.5. The van der Waals surface area contributed by atoms with Crippen LogP contribution < -0.4 is 10.1 Å². The Morgan fingerprint density at radius 1 is 0.977 bits per heavy atom. The molecule has 0 saturated carbocycles. The Hall–Kier alpha value is -4.39. The number of amides is 4. The minimum Gasteiger partial charge on any atom is -0.456 e. The second kappa shape index (κ2) is 12.3. The Bertz CT molecular complexity index is 1760. The van der Waals surface area contributed by atoms with Crippen molar-refractivity contribution in [2.24, 2.45) is 5.92 Å². The number of imide groups is 1. The van der Waals surface area contributed by atoms with Gasteiger partial charge in [0, 0.05) is 49.2 Å². The molecule has 4 amide bonds. The standard InChI is InChI=1S/C33H26Cl2FN3O5/c34-24-5-2-6-28(44-21-9-10-26(36)25(35)17-21)30(24)33(43)38-15-13-19(14-16-38)7-8-20-3-1-4-22-23(20)18-39(32(22)42)27-11-12-29(40)37-31(27)41/h1-6,9-10,17,19,27H,11-16,18H2,(H,37,40,41). The second-order valence-electron chi connectivity index (χ2n) is 10.9. The molecule has 3 aliphatic rings. The summed E-state index contributed by atoms with van der Waals surface area (Å²) in [6.45, 7) is 1.17. The van der Waals surface area contributed by atoms with E-state index in [1.165, 1.54) is 23.1 Å². The van der Waals surface area contributed by atoms with Crippen molar-refractivity contribution in [3.63, 3.8) is 0 Å². The Kier molecular flexibility index (Phi) is 8.30. The lowest BCUT2D eigenvalue weighted by atomic mass is 9.95. The first kappa shape index (κ1) is 29.7. The van der Waals surface area contributed by atoms with Crippen LogP contribution in [0, 0.1) is 23.6 Å². The highest BCUT2D eigenvalue weighted by atomic mass is 35.5. The molecule has 3 aromatic carbocycles. The molecule has 1 unspecified atom stereocenters. The molecule has 1 atom stereocenters. The average Bonchev–Trinajstić information content (AvgIpc) is 3.34. The molecule has 3 aliphatic heterocycles. The molecule has 6 rings (SSSR count). The number of piperidine rings is 2. The van der Waals surface area contributed by atoms with E-state index in [4.69, 9.17) is 27.9 Å². The van der Waals surface area contributed by atoms with Gasteiger partial charge < -0.3 is 14.5 Å². The number of halogens is 3. The van der Waals surface area contributed by atoms with Crippen molar-refractivity contribution >= 4 is 46.8 Å². The van der Waals surface area contributed by atoms with Gasteiger partial charge in [0.05, 0.1) is 10.0 Å². The largest absolute Gasteiger partial charge is 0.456 e. The van der Waals surface area contributed by atoms with Crippen LogP contribution in [0.4, 0.5) is 4.39 Å². The van der Waals surface area contributed by atoms with E-state index in [-0.39, 0.29) is 63.7 Å². The van der Waals surface area contributed by atoms with E-state index in [1.54, 1.807) is 35.2 Å². The Balaban J connectivity index is 1.12. The van der Waals surface area contributed by atoms with Gasteiger partial charge in [-0.1, -0.05) is 47.2 Å². The highest BCUT2D eigenvalue weighted by Gasteiger charge is 2.39. The number of nitrogens with one attached hydrogen (secondary N) is 1. The summed E-state index contributed by atoms with van der Waals surface area (Å²) in [4.78, 5) is 53.9. The van der Waals surface area contributed by atoms with Crippen LogP contribution in [-0.4, -0.2) is 52.6 Å². The first-order chi connectivity index (χ1) is 21.2. The number of nitrogens with zero attached hydrogens (tertiary/aromatic N) is 2. The van der Waals surface area contributed by atoms with Gasteiger partial charge in [-0.05, 0) is 61.2 Å². The molecule has 0 bridgehead atoms. The molecular weight excluding hydrogens is 608 g/mol. The number of carbonyl (C=O) groups is 4. The van der Waals surface area contributed by atoms with Gasteiger partial charge in [0.15, 0.2) is 0 Å². The molecule has 224 valence electrons. The van der Waals surface area contributed by atoms with Crippen LogP contribution >= 0.6 is 23.2 Å². The first-order valence-electron chi connectivity index (χ1n) is 14.2. The van der Waals surface area contributed by atoms with Crippen molar-refractivity contribution < 1.29 is 28.3 Å². The Morgan fingerprint density at radius 3 is 2.50 bits per heavy atom. The lowest BCUT2D eigenvalue weighted by molar-refractivity contribution is -0.136. The lowest BCUT2D eigenvalue weighted by Gasteiger charge is -2.30. The molecule has 0 spiro atoms. The van der Waals surface area contributed by atoms with Gasteiger partial charge in [-0.15, -0.1) is 0 Å². The van der Waals surface area contributed by atoms with E-state index >= 15 is 0 Å². The summed E-state index contributed by atoms with van der Waals surface area (Å²) in [7, 11) is 0. The van der Waals surface area contributed by atoms with E-state index in [0.717, 1.165) is 11.1 Å². The van der Waals surface area contributed by atoms with Crippen molar-refractivity contribution in [3.05, 3.63) is 92.7 Å². The summed E-state index contributed by atoms with van der Waals surface area (Å²) in [6.07, 6.45) is 1.77. The second-order valence-corrected chi connectivity index (χ2v) is 11.7. The maximum atomic E-state index is 13.6. The van der Waals surface area contributed by atoms with Crippen LogP contribution in [0.2, 0.25) is 10.0 Å². The zero-order chi connectivity index (χ0) is 31.0. The minimum absolute atomic E-state index is 0.0292. The van der Waals surface area contributed by atoms with Crippen LogP contribution in [0.5, 0.6) is 11.5 Å². The fraction of sp³-hybridized carbons (Fsp3) is 0.273. The maximum Gasteiger partial charge on any atom is 0.259 e. The summed E-state index contributed by atoms with van der Waals surface area (Å²) in [5.74, 6) is 5.23. The van der Waals surface area contributed by atoms with Gasteiger partial charge in [-0.3, -0.25) is 24.5 Å². The SMILES string of the molecule is O=C1CCC(N2Cc3c(C#CC4CCN(C(=O)c5c(Cl)cccc5Oc5ccc(F)c(Cl)c5)CC4)cccc3C2=O)C(=O)N1. The number of benzene rings is 3. The molecule has 2 saturated heterocycles. The molecule has 3 aromatic rings.